The van der Waals surface area contributed by atoms with Gasteiger partial charge in [0.25, 0.3) is 0 Å². The molecule has 1 aliphatic carbocycles. The molecule has 3 rings (SSSR count). The van der Waals surface area contributed by atoms with Gasteiger partial charge in [0.05, 0.1) is 5.69 Å². The van der Waals surface area contributed by atoms with Gasteiger partial charge in [-0.1, -0.05) is 11.8 Å². The van der Waals surface area contributed by atoms with E-state index in [4.69, 9.17) is 0 Å². The largest absolute Gasteiger partial charge is 0.353 e. The Bertz CT molecular complexity index is 738. The second-order valence-corrected chi connectivity index (χ2v) is 8.23. The van der Waals surface area contributed by atoms with Crippen molar-refractivity contribution in [3.63, 3.8) is 0 Å². The predicted molar refractivity (Wildman–Crippen MR) is 103 cm³/mol. The van der Waals surface area contributed by atoms with Crippen LogP contribution in [0.25, 0.3) is 0 Å². The summed E-state index contributed by atoms with van der Waals surface area (Å²) in [5, 5.41) is 9.03. The first-order valence-corrected chi connectivity index (χ1v) is 10.1. The van der Waals surface area contributed by atoms with Crippen LogP contribution < -0.4 is 5.32 Å². The van der Waals surface area contributed by atoms with E-state index >= 15 is 0 Å². The van der Waals surface area contributed by atoms with Crippen molar-refractivity contribution in [2.24, 2.45) is 7.05 Å². The van der Waals surface area contributed by atoms with Gasteiger partial charge in [-0.3, -0.25) is 9.48 Å². The van der Waals surface area contributed by atoms with Crippen molar-refractivity contribution in [2.45, 2.75) is 68.8 Å². The lowest BCUT2D eigenvalue weighted by Gasteiger charge is -2.28. The number of nitrogens with one attached hydrogen (secondary N) is 1. The van der Waals surface area contributed by atoms with Gasteiger partial charge in [0.1, 0.15) is 0 Å². The molecule has 0 aliphatic heterocycles. The number of hydrogen-bond acceptors (Lipinski definition) is 5. The van der Waals surface area contributed by atoms with Crippen LogP contribution in [0.2, 0.25) is 0 Å². The van der Waals surface area contributed by atoms with Gasteiger partial charge >= 0.3 is 0 Å². The van der Waals surface area contributed by atoms with Crippen molar-refractivity contribution in [3.05, 3.63) is 35.4 Å². The molecule has 140 valence electrons. The third-order valence-corrected chi connectivity index (χ3v) is 6.34. The zero-order chi connectivity index (χ0) is 18.5. The number of hydrogen-bond donors (Lipinski definition) is 1. The number of rotatable bonds is 6. The van der Waals surface area contributed by atoms with Crippen molar-refractivity contribution >= 4 is 17.7 Å². The number of nitrogens with zero attached hydrogens (tertiary/aromatic N) is 4. The van der Waals surface area contributed by atoms with Crippen LogP contribution >= 0.6 is 11.8 Å². The molecular formula is C19H27N5OS. The summed E-state index contributed by atoms with van der Waals surface area (Å²) in [6.45, 7) is 4.07. The first-order chi connectivity index (χ1) is 12.5. The highest BCUT2D eigenvalue weighted by Gasteiger charge is 2.24. The smallest absolute Gasteiger partial charge is 0.220 e. The maximum absolute atomic E-state index is 12.3. The molecule has 7 heteroatoms. The fraction of sp³-hybridized carbons (Fsp3) is 0.579. The lowest BCUT2D eigenvalue weighted by molar-refractivity contribution is -0.121. The van der Waals surface area contributed by atoms with Crippen LogP contribution in [-0.2, 0) is 18.3 Å². The molecule has 0 atom stereocenters. The summed E-state index contributed by atoms with van der Waals surface area (Å²) in [6, 6.07) is 2.14. The van der Waals surface area contributed by atoms with E-state index < -0.39 is 0 Å². The molecule has 26 heavy (non-hydrogen) atoms. The van der Waals surface area contributed by atoms with Crippen molar-refractivity contribution in [1.29, 1.82) is 0 Å². The summed E-state index contributed by atoms with van der Waals surface area (Å²) >= 11 is 1.75. The van der Waals surface area contributed by atoms with Crippen molar-refractivity contribution in [2.75, 3.05) is 0 Å². The molecule has 2 heterocycles. The van der Waals surface area contributed by atoms with Crippen LogP contribution in [0.1, 0.15) is 49.1 Å². The molecule has 0 unspecified atom stereocenters. The van der Waals surface area contributed by atoms with Crippen molar-refractivity contribution < 1.29 is 4.79 Å². The Morgan fingerprint density at radius 1 is 1.23 bits per heavy atom. The van der Waals surface area contributed by atoms with Crippen LogP contribution in [0, 0.1) is 13.8 Å². The van der Waals surface area contributed by atoms with Crippen LogP contribution in [0.3, 0.4) is 0 Å². The third-order valence-electron chi connectivity index (χ3n) is 5.11. The molecule has 0 radical (unpaired) electrons. The Labute approximate surface area is 159 Å². The second kappa shape index (κ2) is 8.66. The first kappa shape index (κ1) is 18.9. The molecule has 2 aromatic rings. The van der Waals surface area contributed by atoms with Gasteiger partial charge in [0.15, 0.2) is 5.16 Å². The number of thioether (sulfide) groups is 1. The summed E-state index contributed by atoms with van der Waals surface area (Å²) in [6.07, 6.45) is 9.10. The van der Waals surface area contributed by atoms with Gasteiger partial charge in [-0.2, -0.15) is 5.10 Å². The van der Waals surface area contributed by atoms with Gasteiger partial charge in [0.2, 0.25) is 5.91 Å². The van der Waals surface area contributed by atoms with Crippen molar-refractivity contribution in [3.8, 4) is 0 Å². The Morgan fingerprint density at radius 3 is 2.54 bits per heavy atom. The first-order valence-electron chi connectivity index (χ1n) is 9.25. The average molecular weight is 374 g/mol. The van der Waals surface area contributed by atoms with E-state index in [1.807, 2.05) is 24.7 Å². The van der Waals surface area contributed by atoms with Gasteiger partial charge in [-0.25, -0.2) is 9.97 Å². The van der Waals surface area contributed by atoms with E-state index in [9.17, 15) is 4.79 Å². The van der Waals surface area contributed by atoms with Gasteiger partial charge in [0, 0.05) is 42.8 Å². The minimum atomic E-state index is 0.148. The summed E-state index contributed by atoms with van der Waals surface area (Å²) in [5.41, 5.74) is 3.38. The molecule has 0 bridgehead atoms. The number of aryl methyl sites for hydroxylation is 2. The molecule has 2 aromatic heterocycles. The highest BCUT2D eigenvalue weighted by molar-refractivity contribution is 7.99. The molecule has 0 aromatic carbocycles. The fourth-order valence-corrected chi connectivity index (χ4v) is 4.59. The van der Waals surface area contributed by atoms with Gasteiger partial charge < -0.3 is 5.32 Å². The molecule has 1 aliphatic rings. The van der Waals surface area contributed by atoms with E-state index in [0.717, 1.165) is 48.6 Å². The zero-order valence-corrected chi connectivity index (χ0v) is 16.6. The SMILES string of the molecule is Cc1nn(C)c(C)c1CCC(=O)NC1CCC(Sc2ncccn2)CC1. The number of carbonyl (C=O) groups is 1. The summed E-state index contributed by atoms with van der Waals surface area (Å²) in [5.74, 6) is 0.148. The number of aromatic nitrogens is 4. The lowest BCUT2D eigenvalue weighted by atomic mass is 9.94. The van der Waals surface area contributed by atoms with E-state index in [1.54, 1.807) is 24.2 Å². The fourth-order valence-electron chi connectivity index (χ4n) is 3.54. The summed E-state index contributed by atoms with van der Waals surface area (Å²) in [7, 11) is 1.95. The number of carbonyl (C=O) groups excluding carboxylic acids is 1. The van der Waals surface area contributed by atoms with Crippen LogP contribution in [0.4, 0.5) is 0 Å². The molecule has 1 amide bonds. The standard InChI is InChI=1S/C19H27N5OS/c1-13-17(14(2)24(3)23-13)9-10-18(25)22-15-5-7-16(8-6-15)26-19-20-11-4-12-21-19/h4,11-12,15-16H,5-10H2,1-3H3,(H,22,25). The molecule has 1 saturated carbocycles. The maximum Gasteiger partial charge on any atom is 0.220 e. The lowest BCUT2D eigenvalue weighted by Crippen LogP contribution is -2.38. The van der Waals surface area contributed by atoms with E-state index in [0.29, 0.717) is 17.7 Å². The Morgan fingerprint density at radius 2 is 1.92 bits per heavy atom. The monoisotopic (exact) mass is 373 g/mol. The molecule has 1 fully saturated rings. The quantitative estimate of drug-likeness (QED) is 0.788. The topological polar surface area (TPSA) is 72.7 Å². The predicted octanol–water partition coefficient (Wildman–Crippen LogP) is 2.98. The molecule has 0 spiro atoms. The maximum atomic E-state index is 12.3. The molecule has 0 saturated heterocycles. The molecular weight excluding hydrogens is 346 g/mol. The van der Waals surface area contributed by atoms with Crippen LogP contribution in [0.15, 0.2) is 23.6 Å². The van der Waals surface area contributed by atoms with Gasteiger partial charge in [-0.15, -0.1) is 0 Å². The highest BCUT2D eigenvalue weighted by Crippen LogP contribution is 2.31. The van der Waals surface area contributed by atoms with Crippen molar-refractivity contribution in [1.82, 2.24) is 25.1 Å². The average Bonchev–Trinajstić information content (AvgIpc) is 2.88. The minimum absolute atomic E-state index is 0.148. The van der Waals surface area contributed by atoms with Gasteiger partial charge in [-0.05, 0) is 57.6 Å². The van der Waals surface area contributed by atoms with Crippen LogP contribution in [0.5, 0.6) is 0 Å². The summed E-state index contributed by atoms with van der Waals surface area (Å²) in [4.78, 5) is 20.9. The Balaban J connectivity index is 1.40. The Kier molecular flexibility index (Phi) is 6.29. The summed E-state index contributed by atoms with van der Waals surface area (Å²) < 4.78 is 1.89. The molecule has 6 nitrogen and oxygen atoms in total. The molecule has 1 N–H and O–H groups in total. The van der Waals surface area contributed by atoms with E-state index in [1.165, 1.54) is 5.56 Å². The third kappa shape index (κ3) is 4.84. The highest BCUT2D eigenvalue weighted by atomic mass is 32.2. The normalized spacial score (nSPS) is 20.1. The second-order valence-electron chi connectivity index (χ2n) is 6.96. The number of amides is 1. The van der Waals surface area contributed by atoms with E-state index in [-0.39, 0.29) is 5.91 Å². The Hall–Kier alpha value is -1.89. The van der Waals surface area contributed by atoms with E-state index in [2.05, 4.69) is 27.3 Å². The van der Waals surface area contributed by atoms with Crippen LogP contribution in [-0.4, -0.2) is 36.9 Å². The minimum Gasteiger partial charge on any atom is -0.353 e. The zero-order valence-electron chi connectivity index (χ0n) is 15.7.